The average molecular weight is 1140 g/mol. The third kappa shape index (κ3) is 12.1. The van der Waals surface area contributed by atoms with Gasteiger partial charge in [0.05, 0.1) is 28.5 Å². The van der Waals surface area contributed by atoms with Gasteiger partial charge in [0.1, 0.15) is 65.1 Å². The van der Waals surface area contributed by atoms with Gasteiger partial charge in [-0.25, -0.2) is 4.79 Å². The number of carbonyl (C=O) groups excluding carboxylic acids is 6. The lowest BCUT2D eigenvalue weighted by atomic mass is 9.89. The lowest BCUT2D eigenvalue weighted by Gasteiger charge is -2.35. The number of benzene rings is 5. The van der Waals surface area contributed by atoms with Gasteiger partial charge in [0.25, 0.3) is 0 Å². The van der Waals surface area contributed by atoms with Crippen LogP contribution in [-0.4, -0.2) is 127 Å². The predicted molar refractivity (Wildman–Crippen MR) is 285 cm³/mol. The fraction of sp³-hybridized carbons (Fsp3) is 0.315. The number of nitrogens with two attached hydrogens (primary N) is 1. The first-order valence-electron chi connectivity index (χ1n) is 24.8. The molecule has 0 fully saturated rings. The standard InChI is InChI=1S/C54H56Cl2N8O16/c1-21(2)11-31(58-3)49(72)62-43-46(69)23-6-9-36(29(55)13-23)79-38-15-25-16-39(48(38)71)80-37-10-7-24(14-30(37)56)47(70)44-52(75)61-42(54(77)78)28-17-26(65)18-35(67)41(28)27-12-22(5-8-34(27)66)45(53(76)63-44)64(4)20-33(25)60-50(73)32(19-40(57)68)59-51(43)74/h5-10,12-18,21,31-33,42-47,58,65-67,69-71H,11,19-20H2,1-4H3,(H2,57,68)(H,59,74)(H,60,73)(H,61,75)(H,62,72)(H,63,76)(H,77,78)/t31-,32+,33+,42+,43-,44+,45-,46-,47-/m1/s1. The highest BCUT2D eigenvalue weighted by molar-refractivity contribution is 6.32. The molecule has 0 aliphatic carbocycles. The van der Waals surface area contributed by atoms with Crippen LogP contribution >= 0.6 is 23.2 Å². The molecule has 5 aromatic carbocycles. The zero-order valence-corrected chi connectivity index (χ0v) is 44.5. The van der Waals surface area contributed by atoms with Crippen LogP contribution in [0.4, 0.5) is 0 Å². The molecule has 9 atom stereocenters. The number of halogens is 2. The zero-order valence-electron chi connectivity index (χ0n) is 43.0. The van der Waals surface area contributed by atoms with Crippen molar-refractivity contribution in [1.82, 2.24) is 36.8 Å². The second kappa shape index (κ2) is 23.5. The molecule has 0 saturated heterocycles. The predicted octanol–water partition coefficient (Wildman–Crippen LogP) is 3.21. The van der Waals surface area contributed by atoms with E-state index in [9.17, 15) is 64.5 Å². The van der Waals surface area contributed by atoms with E-state index < -0.39 is 143 Å². The Kier molecular flexibility index (Phi) is 17.0. The molecule has 5 aliphatic heterocycles. The van der Waals surface area contributed by atoms with Crippen LogP contribution in [0.2, 0.25) is 10.0 Å². The lowest BCUT2D eigenvalue weighted by molar-refractivity contribution is -0.143. The fourth-order valence-corrected chi connectivity index (χ4v) is 10.3. The fourth-order valence-electron chi connectivity index (χ4n) is 9.80. The topological polar surface area (TPSA) is 381 Å². The van der Waals surface area contributed by atoms with Gasteiger partial charge >= 0.3 is 5.97 Å². The molecule has 0 saturated carbocycles. The van der Waals surface area contributed by atoms with Crippen molar-refractivity contribution in [1.29, 1.82) is 0 Å². The Bertz CT molecular complexity index is 3330. The smallest absolute Gasteiger partial charge is 0.330 e. The molecular weight excluding hydrogens is 1090 g/mol. The summed E-state index contributed by atoms with van der Waals surface area (Å²) in [5.41, 5.74) is 4.41. The van der Waals surface area contributed by atoms with Gasteiger partial charge in [-0.3, -0.25) is 33.7 Å². The van der Waals surface area contributed by atoms with Gasteiger partial charge in [0, 0.05) is 29.3 Å². The summed E-state index contributed by atoms with van der Waals surface area (Å²) in [6.07, 6.45) is -4.46. The molecule has 422 valence electrons. The van der Waals surface area contributed by atoms with E-state index in [0.29, 0.717) is 6.42 Å². The van der Waals surface area contributed by atoms with Crippen molar-refractivity contribution in [2.45, 2.75) is 81.2 Å². The second-order valence-electron chi connectivity index (χ2n) is 19.9. The maximum atomic E-state index is 15.2. The summed E-state index contributed by atoms with van der Waals surface area (Å²) in [7, 11) is 2.91. The quantitative estimate of drug-likeness (QED) is 0.106. The van der Waals surface area contributed by atoms with Gasteiger partial charge in [0.15, 0.2) is 17.5 Å². The van der Waals surface area contributed by atoms with Crippen molar-refractivity contribution >= 4 is 64.6 Å². The minimum absolute atomic E-state index is 0.00552. The summed E-state index contributed by atoms with van der Waals surface area (Å²) >= 11 is 13.6. The van der Waals surface area contributed by atoms with E-state index in [1.165, 1.54) is 73.6 Å². The molecule has 0 spiro atoms. The summed E-state index contributed by atoms with van der Waals surface area (Å²) in [5, 5.41) is 95.1. The Morgan fingerprint density at radius 1 is 0.725 bits per heavy atom. The summed E-state index contributed by atoms with van der Waals surface area (Å²) in [6, 6.07) is 3.58. The van der Waals surface area contributed by atoms with E-state index in [2.05, 4.69) is 31.9 Å². The van der Waals surface area contributed by atoms with E-state index in [4.69, 9.17) is 38.4 Å². The van der Waals surface area contributed by atoms with Crippen LogP contribution in [0.1, 0.15) is 84.8 Å². The molecule has 0 radical (unpaired) electrons. The number of carboxylic acids is 1. The number of aliphatic carboxylic acids is 1. The first kappa shape index (κ1) is 57.8. The Morgan fingerprint density at radius 2 is 1.34 bits per heavy atom. The molecule has 5 heterocycles. The van der Waals surface area contributed by atoms with Gasteiger partial charge in [-0.15, -0.1) is 0 Å². The van der Waals surface area contributed by atoms with Crippen LogP contribution in [0.15, 0.2) is 78.9 Å². The Labute approximate surface area is 465 Å². The highest BCUT2D eigenvalue weighted by Crippen LogP contribution is 2.48. The number of nitrogens with zero attached hydrogens (tertiary/aromatic N) is 1. The SMILES string of the molecule is CN[C@H](CC(C)C)C(=O)N[C@H]1C(=O)N[C@@H](CC(N)=O)C(=O)N[C@H]2CN(C)[C@H]3C(=O)N[C@H](C(=O)N[C@H](C(=O)O)c4cc(O)cc(O)c4-c4cc3ccc4O)[C@H](O)c3ccc(c(Cl)c3)Oc3cc2cc(c3O)Oc2ccc(cc2Cl)[C@H]1O. The first-order valence-corrected chi connectivity index (χ1v) is 25.6. The maximum absolute atomic E-state index is 15.2. The van der Waals surface area contributed by atoms with Gasteiger partial charge in [-0.1, -0.05) is 55.2 Å². The molecule has 5 aromatic rings. The Hall–Kier alpha value is -8.39. The van der Waals surface area contributed by atoms with E-state index in [-0.39, 0.29) is 66.8 Å². The number of primary amides is 1. The number of amides is 6. The minimum atomic E-state index is -2.11. The molecule has 15 N–H and O–H groups in total. The van der Waals surface area contributed by atoms with Crippen molar-refractivity contribution in [3.8, 4) is 57.1 Å². The molecular formula is C54H56Cl2N8O16. The zero-order chi connectivity index (χ0) is 58.2. The van der Waals surface area contributed by atoms with Crippen LogP contribution in [0.5, 0.6) is 46.0 Å². The normalized spacial score (nSPS) is 22.8. The van der Waals surface area contributed by atoms with Crippen LogP contribution < -0.4 is 47.1 Å². The number of rotatable bonds is 8. The molecule has 80 heavy (non-hydrogen) atoms. The number of aliphatic hydroxyl groups is 2. The average Bonchev–Trinajstić information content (AvgIpc) is 3.52. The highest BCUT2D eigenvalue weighted by Gasteiger charge is 2.41. The minimum Gasteiger partial charge on any atom is -0.508 e. The van der Waals surface area contributed by atoms with Crippen molar-refractivity contribution in [3.63, 3.8) is 0 Å². The number of nitrogens with one attached hydrogen (secondary N) is 6. The maximum Gasteiger partial charge on any atom is 0.330 e. The van der Waals surface area contributed by atoms with Crippen molar-refractivity contribution < 1.29 is 78.8 Å². The van der Waals surface area contributed by atoms with Crippen LogP contribution in [-0.2, 0) is 33.6 Å². The number of aromatic hydroxyl groups is 4. The summed E-state index contributed by atoms with van der Waals surface area (Å²) in [5.74, 6) is -11.9. The number of carboxylic acid groups (broad SMARTS) is 1. The Balaban J connectivity index is 1.36. The number of carbonyl (C=O) groups is 7. The van der Waals surface area contributed by atoms with Gasteiger partial charge in [-0.05, 0) is 103 Å². The number of hydrogen-bond acceptors (Lipinski definition) is 17. The number of phenols is 4. The molecule has 6 amide bonds. The highest BCUT2D eigenvalue weighted by atomic mass is 35.5. The van der Waals surface area contributed by atoms with Gasteiger partial charge < -0.3 is 82.9 Å². The molecule has 0 unspecified atom stereocenters. The molecule has 0 aromatic heterocycles. The van der Waals surface area contributed by atoms with E-state index >= 15 is 4.79 Å². The van der Waals surface area contributed by atoms with E-state index in [1.807, 2.05) is 13.8 Å². The van der Waals surface area contributed by atoms with E-state index in [1.54, 1.807) is 0 Å². The molecule has 24 nitrogen and oxygen atoms in total. The number of hydrogen-bond donors (Lipinski definition) is 14. The first-order chi connectivity index (χ1) is 37.8. The van der Waals surface area contributed by atoms with Crippen LogP contribution in [0.3, 0.4) is 0 Å². The van der Waals surface area contributed by atoms with Crippen molar-refractivity contribution in [3.05, 3.63) is 117 Å². The molecule has 11 bridgehead atoms. The number of aliphatic hydroxyl groups excluding tert-OH is 2. The van der Waals surface area contributed by atoms with Crippen molar-refractivity contribution in [2.75, 3.05) is 20.6 Å². The number of phenolic OH excluding ortho intramolecular Hbond substituents is 4. The monoisotopic (exact) mass is 1140 g/mol. The molecule has 5 aliphatic rings. The molecule has 26 heteroatoms. The van der Waals surface area contributed by atoms with Crippen LogP contribution in [0, 0.1) is 5.92 Å². The summed E-state index contributed by atoms with van der Waals surface area (Å²) in [4.78, 5) is 100. The van der Waals surface area contributed by atoms with Crippen molar-refractivity contribution in [2.24, 2.45) is 11.7 Å². The number of likely N-dealkylation sites (N-methyl/N-ethyl adjacent to an activating group) is 2. The number of fused-ring (bicyclic) bond motifs is 15. The van der Waals surface area contributed by atoms with Gasteiger partial charge in [0.2, 0.25) is 41.2 Å². The van der Waals surface area contributed by atoms with Crippen LogP contribution in [0.25, 0.3) is 11.1 Å². The number of ether oxygens (including phenoxy) is 2. The Morgan fingerprint density at radius 3 is 1.91 bits per heavy atom. The van der Waals surface area contributed by atoms with Gasteiger partial charge in [-0.2, -0.15) is 0 Å². The van der Waals surface area contributed by atoms with E-state index in [0.717, 1.165) is 24.3 Å². The third-order valence-electron chi connectivity index (χ3n) is 13.8. The summed E-state index contributed by atoms with van der Waals surface area (Å²) < 4.78 is 12.5. The molecule has 10 rings (SSSR count). The largest absolute Gasteiger partial charge is 0.508 e. The third-order valence-corrected chi connectivity index (χ3v) is 14.4. The summed E-state index contributed by atoms with van der Waals surface area (Å²) in [6.45, 7) is 3.22. The second-order valence-corrected chi connectivity index (χ2v) is 20.7. The lowest BCUT2D eigenvalue weighted by Crippen LogP contribution is -2.58.